The highest BCUT2D eigenvalue weighted by atomic mass is 32.2. The number of sulfonamides is 1. The highest BCUT2D eigenvalue weighted by Crippen LogP contribution is 2.29. The molecule has 3 saturated heterocycles. The van der Waals surface area contributed by atoms with Gasteiger partial charge in [0.1, 0.15) is 10.3 Å². The van der Waals surface area contributed by atoms with Crippen LogP contribution in [0.4, 0.5) is 0 Å². The van der Waals surface area contributed by atoms with Crippen molar-refractivity contribution in [1.82, 2.24) is 19.0 Å². The van der Waals surface area contributed by atoms with Crippen LogP contribution >= 0.6 is 11.3 Å². The van der Waals surface area contributed by atoms with Crippen LogP contribution in [0.25, 0.3) is 0 Å². The first-order valence-corrected chi connectivity index (χ1v) is 12.7. The van der Waals surface area contributed by atoms with Crippen LogP contribution in [0, 0.1) is 0 Å². The van der Waals surface area contributed by atoms with E-state index in [4.69, 9.17) is 4.74 Å². The van der Waals surface area contributed by atoms with E-state index in [0.717, 1.165) is 13.1 Å². The topological polar surface area (TPSA) is 90.5 Å². The minimum atomic E-state index is -3.64. The summed E-state index contributed by atoms with van der Waals surface area (Å²) in [6, 6.07) is 2.64. The van der Waals surface area contributed by atoms with Gasteiger partial charge in [-0.05, 0) is 24.3 Å². The van der Waals surface area contributed by atoms with E-state index in [1.165, 1.54) is 15.6 Å². The average Bonchev–Trinajstić information content (AvgIpc) is 3.47. The number of nitrogens with zero attached hydrogens (tertiary/aromatic N) is 4. The lowest BCUT2D eigenvalue weighted by Gasteiger charge is -2.38. The van der Waals surface area contributed by atoms with Crippen LogP contribution in [0.2, 0.25) is 0 Å². The van der Waals surface area contributed by atoms with Crippen molar-refractivity contribution in [2.24, 2.45) is 0 Å². The molecular weight excluding hydrogens is 428 g/mol. The molecule has 3 aliphatic heterocycles. The van der Waals surface area contributed by atoms with Gasteiger partial charge in [-0.3, -0.25) is 14.5 Å². The van der Waals surface area contributed by atoms with Crippen molar-refractivity contribution in [1.29, 1.82) is 0 Å². The molecule has 3 aliphatic rings. The van der Waals surface area contributed by atoms with Crippen LogP contribution < -0.4 is 0 Å². The minimum absolute atomic E-state index is 0.0757. The monoisotopic (exact) mass is 456 g/mol. The first-order chi connectivity index (χ1) is 14.5. The van der Waals surface area contributed by atoms with E-state index < -0.39 is 16.1 Å². The minimum Gasteiger partial charge on any atom is -0.379 e. The third kappa shape index (κ3) is 4.54. The molecule has 11 heteroatoms. The maximum absolute atomic E-state index is 13.1. The predicted molar refractivity (Wildman–Crippen MR) is 112 cm³/mol. The molecule has 0 N–H and O–H groups in total. The number of amides is 2. The fourth-order valence-electron chi connectivity index (χ4n) is 4.24. The number of carbonyl (C=O) groups is 2. The summed E-state index contributed by atoms with van der Waals surface area (Å²) in [6.45, 7) is 5.44. The predicted octanol–water partition coefficient (Wildman–Crippen LogP) is -0.0958. The van der Waals surface area contributed by atoms with Gasteiger partial charge in [0.2, 0.25) is 11.8 Å². The molecule has 0 aromatic carbocycles. The number of ether oxygens (including phenoxy) is 1. The first kappa shape index (κ1) is 21.7. The number of rotatable bonds is 5. The Morgan fingerprint density at radius 2 is 1.73 bits per heavy atom. The molecule has 0 saturated carbocycles. The van der Waals surface area contributed by atoms with Gasteiger partial charge in [-0.15, -0.1) is 11.3 Å². The highest BCUT2D eigenvalue weighted by Gasteiger charge is 2.42. The number of piperazine rings is 1. The van der Waals surface area contributed by atoms with Crippen LogP contribution in [0.5, 0.6) is 0 Å². The lowest BCUT2D eigenvalue weighted by atomic mass is 10.2. The molecule has 4 rings (SSSR count). The molecule has 0 bridgehead atoms. The average molecular weight is 457 g/mol. The second-order valence-electron chi connectivity index (χ2n) is 7.80. The lowest BCUT2D eigenvalue weighted by Crippen LogP contribution is -2.56. The number of thiophene rings is 1. The zero-order valence-electron chi connectivity index (χ0n) is 16.9. The Labute approximate surface area is 181 Å². The van der Waals surface area contributed by atoms with Crippen molar-refractivity contribution < 1.29 is 22.7 Å². The third-order valence-corrected chi connectivity index (χ3v) is 9.23. The Morgan fingerprint density at radius 1 is 1.03 bits per heavy atom. The summed E-state index contributed by atoms with van der Waals surface area (Å²) in [4.78, 5) is 31.3. The van der Waals surface area contributed by atoms with Gasteiger partial charge in [0.05, 0.1) is 19.8 Å². The second-order valence-corrected chi connectivity index (χ2v) is 10.9. The van der Waals surface area contributed by atoms with Gasteiger partial charge in [-0.2, -0.15) is 4.31 Å². The van der Waals surface area contributed by atoms with Crippen LogP contribution in [0.3, 0.4) is 0 Å². The van der Waals surface area contributed by atoms with Crippen LogP contribution in [-0.4, -0.2) is 111 Å². The zero-order chi connectivity index (χ0) is 21.1. The number of morpholine rings is 1. The van der Waals surface area contributed by atoms with E-state index >= 15 is 0 Å². The Morgan fingerprint density at radius 3 is 2.40 bits per heavy atom. The molecule has 2 amide bonds. The SMILES string of the molecule is O=C(CN1CCOCC1)N1CCN(C(=O)C2CCCN2S(=O)(=O)c2cccs2)CC1. The van der Waals surface area contributed by atoms with Gasteiger partial charge in [0.15, 0.2) is 0 Å². The second kappa shape index (κ2) is 9.31. The van der Waals surface area contributed by atoms with E-state index in [2.05, 4.69) is 4.90 Å². The zero-order valence-corrected chi connectivity index (χ0v) is 18.6. The largest absolute Gasteiger partial charge is 0.379 e. The lowest BCUT2D eigenvalue weighted by molar-refractivity contribution is -0.142. The van der Waals surface area contributed by atoms with Gasteiger partial charge in [0.25, 0.3) is 10.0 Å². The number of carbonyl (C=O) groups excluding carboxylic acids is 2. The van der Waals surface area contributed by atoms with E-state index in [0.29, 0.717) is 65.3 Å². The van der Waals surface area contributed by atoms with Crippen molar-refractivity contribution >= 4 is 33.2 Å². The van der Waals surface area contributed by atoms with E-state index in [1.807, 2.05) is 0 Å². The quantitative estimate of drug-likeness (QED) is 0.615. The van der Waals surface area contributed by atoms with Crippen molar-refractivity contribution in [3.8, 4) is 0 Å². The van der Waals surface area contributed by atoms with Crippen LogP contribution in [-0.2, 0) is 24.3 Å². The summed E-state index contributed by atoms with van der Waals surface area (Å²) < 4.78 is 32.8. The highest BCUT2D eigenvalue weighted by molar-refractivity contribution is 7.91. The molecule has 1 atom stereocenters. The first-order valence-electron chi connectivity index (χ1n) is 10.4. The maximum Gasteiger partial charge on any atom is 0.253 e. The molecule has 9 nitrogen and oxygen atoms in total. The molecule has 30 heavy (non-hydrogen) atoms. The summed E-state index contributed by atoms with van der Waals surface area (Å²) in [5, 5.41) is 1.73. The molecule has 3 fully saturated rings. The molecule has 0 spiro atoms. The molecule has 1 aromatic rings. The smallest absolute Gasteiger partial charge is 0.253 e. The van der Waals surface area contributed by atoms with Crippen molar-refractivity contribution in [2.75, 3.05) is 65.6 Å². The van der Waals surface area contributed by atoms with Crippen molar-refractivity contribution in [2.45, 2.75) is 23.1 Å². The number of hydrogen-bond acceptors (Lipinski definition) is 7. The summed E-state index contributed by atoms with van der Waals surface area (Å²) in [6.07, 6.45) is 1.22. The van der Waals surface area contributed by atoms with Gasteiger partial charge >= 0.3 is 0 Å². The summed E-state index contributed by atoms with van der Waals surface area (Å²) >= 11 is 1.17. The Balaban J connectivity index is 1.33. The van der Waals surface area contributed by atoms with E-state index in [1.54, 1.807) is 27.3 Å². The van der Waals surface area contributed by atoms with Crippen molar-refractivity contribution in [3.63, 3.8) is 0 Å². The molecule has 1 aromatic heterocycles. The standard InChI is InChI=1S/C19H28N4O5S2/c24-17(15-20-10-12-28-13-11-20)21-6-8-22(9-7-21)19(25)16-3-1-5-23(16)30(26,27)18-4-2-14-29-18/h2,4,14,16H,1,3,5-13,15H2. The van der Waals surface area contributed by atoms with Gasteiger partial charge in [-0.1, -0.05) is 6.07 Å². The van der Waals surface area contributed by atoms with Gasteiger partial charge in [0, 0.05) is 45.8 Å². The summed E-state index contributed by atoms with van der Waals surface area (Å²) in [7, 11) is -3.64. The Bertz CT molecular complexity index is 846. The van der Waals surface area contributed by atoms with Crippen molar-refractivity contribution in [3.05, 3.63) is 17.5 Å². The molecule has 0 radical (unpaired) electrons. The Kier molecular flexibility index (Phi) is 6.73. The Hall–Kier alpha value is -1.53. The van der Waals surface area contributed by atoms with E-state index in [-0.39, 0.29) is 16.0 Å². The molecule has 4 heterocycles. The maximum atomic E-state index is 13.1. The molecule has 0 aliphatic carbocycles. The third-order valence-electron chi connectivity index (χ3n) is 5.95. The number of hydrogen-bond donors (Lipinski definition) is 0. The summed E-state index contributed by atoms with van der Waals surface area (Å²) in [5.74, 6) is -0.0697. The molecule has 166 valence electrons. The van der Waals surface area contributed by atoms with E-state index in [9.17, 15) is 18.0 Å². The van der Waals surface area contributed by atoms with Crippen LogP contribution in [0.15, 0.2) is 21.7 Å². The van der Waals surface area contributed by atoms with Gasteiger partial charge < -0.3 is 14.5 Å². The fourth-order valence-corrected chi connectivity index (χ4v) is 7.01. The van der Waals surface area contributed by atoms with Crippen LogP contribution in [0.1, 0.15) is 12.8 Å². The van der Waals surface area contributed by atoms with Gasteiger partial charge in [-0.25, -0.2) is 8.42 Å². The molecular formula is C19H28N4O5S2. The normalized spacial score (nSPS) is 24.3. The molecule has 1 unspecified atom stereocenters. The summed E-state index contributed by atoms with van der Waals surface area (Å²) in [5.41, 5.74) is 0. The fraction of sp³-hybridized carbons (Fsp3) is 0.684.